The van der Waals surface area contributed by atoms with Gasteiger partial charge in [0.05, 0.1) is 16.2 Å². The third-order valence-electron chi connectivity index (χ3n) is 7.44. The molecule has 3 heterocycles. The van der Waals surface area contributed by atoms with E-state index in [1.54, 1.807) is 18.2 Å². The topological polar surface area (TPSA) is 47.5 Å². The minimum Gasteiger partial charge on any atom is -0.403 e. The number of fused-ring (bicyclic) bond motifs is 1. The van der Waals surface area contributed by atoms with Crippen molar-refractivity contribution in [2.45, 2.75) is 57.6 Å². The van der Waals surface area contributed by atoms with Gasteiger partial charge < -0.3 is 14.2 Å². The molecule has 3 aromatic rings. The van der Waals surface area contributed by atoms with Crippen molar-refractivity contribution in [2.24, 2.45) is 0 Å². The summed E-state index contributed by atoms with van der Waals surface area (Å²) in [7, 11) is -0.246. The molecule has 5 nitrogen and oxygen atoms in total. The molecule has 2 aromatic carbocycles. The number of halogens is 3. The molecule has 0 aliphatic carbocycles. The SMILES string of the molecule is CC1(C)OB(C2CCN(c3ncnc4c(F)c(-c5ccccc5F)c(Cl)cc34)CC2)OC1(C)C. The molecular weight excluding hydrogens is 459 g/mol. The van der Waals surface area contributed by atoms with Gasteiger partial charge in [-0.15, -0.1) is 0 Å². The summed E-state index contributed by atoms with van der Waals surface area (Å²) in [6.07, 6.45) is 3.05. The van der Waals surface area contributed by atoms with Gasteiger partial charge in [-0.05, 0) is 58.5 Å². The van der Waals surface area contributed by atoms with E-state index in [-0.39, 0.29) is 45.8 Å². The van der Waals surface area contributed by atoms with Crippen LogP contribution in [-0.2, 0) is 9.31 Å². The van der Waals surface area contributed by atoms with Crippen molar-refractivity contribution in [1.29, 1.82) is 0 Å². The fourth-order valence-corrected chi connectivity index (χ4v) is 5.04. The van der Waals surface area contributed by atoms with E-state index in [9.17, 15) is 4.39 Å². The first-order valence-electron chi connectivity index (χ1n) is 11.6. The van der Waals surface area contributed by atoms with Crippen LogP contribution >= 0.6 is 11.6 Å². The summed E-state index contributed by atoms with van der Waals surface area (Å²) in [4.78, 5) is 10.7. The molecule has 0 radical (unpaired) electrons. The highest BCUT2D eigenvalue weighted by Gasteiger charge is 2.53. The summed E-state index contributed by atoms with van der Waals surface area (Å²) in [5.74, 6) is -0.304. The highest BCUT2D eigenvalue weighted by Crippen LogP contribution is 2.44. The Balaban J connectivity index is 1.42. The fourth-order valence-electron chi connectivity index (χ4n) is 4.74. The number of nitrogens with zero attached hydrogens (tertiary/aromatic N) is 3. The van der Waals surface area contributed by atoms with Crippen molar-refractivity contribution in [2.75, 3.05) is 18.0 Å². The number of piperidine rings is 1. The van der Waals surface area contributed by atoms with E-state index in [1.165, 1.54) is 18.5 Å². The first-order valence-corrected chi connectivity index (χ1v) is 11.9. The second-order valence-corrected chi connectivity index (χ2v) is 10.5. The summed E-state index contributed by atoms with van der Waals surface area (Å²) < 4.78 is 42.4. The van der Waals surface area contributed by atoms with E-state index in [2.05, 4.69) is 42.6 Å². The second-order valence-electron chi connectivity index (χ2n) is 10.1. The van der Waals surface area contributed by atoms with E-state index in [0.29, 0.717) is 11.2 Å². The number of rotatable bonds is 3. The van der Waals surface area contributed by atoms with Gasteiger partial charge in [-0.2, -0.15) is 0 Å². The zero-order chi connectivity index (χ0) is 24.3. The Labute approximate surface area is 203 Å². The molecule has 0 atom stereocenters. The lowest BCUT2D eigenvalue weighted by atomic mass is 9.67. The van der Waals surface area contributed by atoms with Crippen molar-refractivity contribution in [1.82, 2.24) is 9.97 Å². The number of aromatic nitrogens is 2. The predicted octanol–water partition coefficient (Wildman–Crippen LogP) is 6.29. The van der Waals surface area contributed by atoms with Crippen molar-refractivity contribution in [3.8, 4) is 11.1 Å². The third kappa shape index (κ3) is 3.86. The number of hydrogen-bond donors (Lipinski definition) is 0. The molecule has 178 valence electrons. The Hall–Kier alpha value is -2.29. The number of benzene rings is 2. The predicted molar refractivity (Wildman–Crippen MR) is 131 cm³/mol. The molecule has 2 aliphatic rings. The van der Waals surface area contributed by atoms with Gasteiger partial charge in [0.2, 0.25) is 0 Å². The molecule has 0 saturated carbocycles. The minimum atomic E-state index is -0.650. The Morgan fingerprint density at radius 3 is 2.32 bits per heavy atom. The highest BCUT2D eigenvalue weighted by molar-refractivity contribution is 6.47. The zero-order valence-corrected chi connectivity index (χ0v) is 20.5. The minimum absolute atomic E-state index is 0.0105. The maximum Gasteiger partial charge on any atom is 0.461 e. The van der Waals surface area contributed by atoms with Gasteiger partial charge in [-0.1, -0.05) is 29.8 Å². The molecule has 9 heteroatoms. The standard InChI is InChI=1S/C25H27BClF2N3O2/c1-24(2)25(3,4)34-26(33-24)15-9-11-32(12-10-15)23-17-13-18(27)20(16-7-5-6-8-19(16)28)21(29)22(17)30-14-31-23/h5-8,13-15H,9-12H2,1-4H3. The number of hydrogen-bond acceptors (Lipinski definition) is 5. The van der Waals surface area contributed by atoms with Crippen molar-refractivity contribution >= 4 is 35.4 Å². The Morgan fingerprint density at radius 1 is 1.03 bits per heavy atom. The van der Waals surface area contributed by atoms with E-state index in [0.717, 1.165) is 25.9 Å². The molecular formula is C25H27BClF2N3O2. The van der Waals surface area contributed by atoms with Crippen LogP contribution in [0.5, 0.6) is 0 Å². The zero-order valence-electron chi connectivity index (χ0n) is 19.7. The van der Waals surface area contributed by atoms with Crippen LogP contribution in [0.1, 0.15) is 40.5 Å². The van der Waals surface area contributed by atoms with E-state index in [4.69, 9.17) is 20.9 Å². The Bertz CT molecular complexity index is 1230. The second kappa shape index (κ2) is 8.43. The first-order chi connectivity index (χ1) is 16.1. The van der Waals surface area contributed by atoms with Crippen molar-refractivity contribution in [3.63, 3.8) is 0 Å². The molecule has 0 spiro atoms. The molecule has 0 bridgehead atoms. The Kier molecular flexibility index (Phi) is 5.82. The van der Waals surface area contributed by atoms with Crippen LogP contribution in [0.25, 0.3) is 22.0 Å². The lowest BCUT2D eigenvalue weighted by Crippen LogP contribution is -2.41. The maximum atomic E-state index is 15.6. The van der Waals surface area contributed by atoms with Gasteiger partial charge in [-0.25, -0.2) is 18.7 Å². The summed E-state index contributed by atoms with van der Waals surface area (Å²) in [5.41, 5.74) is -0.476. The molecule has 0 amide bonds. The van der Waals surface area contributed by atoms with Crippen molar-refractivity contribution < 1.29 is 18.1 Å². The summed E-state index contributed by atoms with van der Waals surface area (Å²) >= 11 is 6.47. The van der Waals surface area contributed by atoms with Gasteiger partial charge in [0, 0.05) is 29.6 Å². The monoisotopic (exact) mass is 485 g/mol. The van der Waals surface area contributed by atoms with Gasteiger partial charge >= 0.3 is 7.12 Å². The fraction of sp³-hybridized carbons (Fsp3) is 0.440. The van der Waals surface area contributed by atoms with Gasteiger partial charge in [0.1, 0.15) is 23.5 Å². The van der Waals surface area contributed by atoms with Crippen LogP contribution < -0.4 is 4.90 Å². The molecule has 0 N–H and O–H groups in total. The molecule has 1 aromatic heterocycles. The molecule has 34 heavy (non-hydrogen) atoms. The third-order valence-corrected chi connectivity index (χ3v) is 7.74. The maximum absolute atomic E-state index is 15.6. The average Bonchev–Trinajstić information content (AvgIpc) is 3.02. The molecule has 5 rings (SSSR count). The lowest BCUT2D eigenvalue weighted by molar-refractivity contribution is 0.00578. The Morgan fingerprint density at radius 2 is 1.68 bits per heavy atom. The first kappa shape index (κ1) is 23.5. The molecule has 2 saturated heterocycles. The number of anilines is 1. The highest BCUT2D eigenvalue weighted by atomic mass is 35.5. The van der Waals surface area contributed by atoms with Crippen molar-refractivity contribution in [3.05, 3.63) is 53.3 Å². The van der Waals surface area contributed by atoms with Gasteiger partial charge in [-0.3, -0.25) is 0 Å². The quantitative estimate of drug-likeness (QED) is 0.408. The summed E-state index contributed by atoms with van der Waals surface area (Å²) in [6.45, 7) is 9.67. The van der Waals surface area contributed by atoms with Crippen LogP contribution in [-0.4, -0.2) is 41.4 Å². The lowest BCUT2D eigenvalue weighted by Gasteiger charge is -2.34. The van der Waals surface area contributed by atoms with Gasteiger partial charge in [0.15, 0.2) is 5.82 Å². The average molecular weight is 486 g/mol. The molecule has 2 fully saturated rings. The summed E-state index contributed by atoms with van der Waals surface area (Å²) in [6, 6.07) is 7.63. The smallest absolute Gasteiger partial charge is 0.403 e. The van der Waals surface area contributed by atoms with Crippen LogP contribution in [0.2, 0.25) is 10.8 Å². The van der Waals surface area contributed by atoms with E-state index >= 15 is 4.39 Å². The normalized spacial score (nSPS) is 20.3. The van der Waals surface area contributed by atoms with Crippen LogP contribution in [0.4, 0.5) is 14.6 Å². The van der Waals surface area contributed by atoms with Crippen LogP contribution in [0, 0.1) is 11.6 Å². The molecule has 0 unspecified atom stereocenters. The van der Waals surface area contributed by atoms with E-state index < -0.39 is 11.6 Å². The van der Waals surface area contributed by atoms with Crippen LogP contribution in [0.15, 0.2) is 36.7 Å². The van der Waals surface area contributed by atoms with E-state index in [1.807, 2.05) is 0 Å². The van der Waals surface area contributed by atoms with Crippen LogP contribution in [0.3, 0.4) is 0 Å². The summed E-state index contributed by atoms with van der Waals surface area (Å²) in [5, 5.41) is 0.637. The molecule has 2 aliphatic heterocycles. The largest absolute Gasteiger partial charge is 0.461 e. The van der Waals surface area contributed by atoms with Gasteiger partial charge in [0.25, 0.3) is 0 Å².